The van der Waals surface area contributed by atoms with Gasteiger partial charge in [0, 0.05) is 12.4 Å². The SMILES string of the molecule is Cc1ccnc(-n2cc(C(=O)O)cn2)c1Cl. The third-order valence-corrected chi connectivity index (χ3v) is 2.58. The Labute approximate surface area is 96.3 Å². The topological polar surface area (TPSA) is 68.0 Å². The van der Waals surface area contributed by atoms with Crippen molar-refractivity contribution in [1.82, 2.24) is 14.8 Å². The lowest BCUT2D eigenvalue weighted by Crippen LogP contribution is -2.00. The number of halogens is 1. The maximum absolute atomic E-state index is 10.7. The van der Waals surface area contributed by atoms with Gasteiger partial charge in [-0.3, -0.25) is 0 Å². The molecule has 0 aliphatic carbocycles. The second-order valence-electron chi connectivity index (χ2n) is 3.24. The highest BCUT2D eigenvalue weighted by molar-refractivity contribution is 6.32. The van der Waals surface area contributed by atoms with E-state index < -0.39 is 5.97 Å². The summed E-state index contributed by atoms with van der Waals surface area (Å²) in [5.41, 5.74) is 0.957. The molecule has 0 saturated carbocycles. The Hall–Kier alpha value is -1.88. The maximum Gasteiger partial charge on any atom is 0.338 e. The summed E-state index contributed by atoms with van der Waals surface area (Å²) in [5.74, 6) is -0.607. The highest BCUT2D eigenvalue weighted by Gasteiger charge is 2.11. The summed E-state index contributed by atoms with van der Waals surface area (Å²) in [5, 5.41) is 13.1. The van der Waals surface area contributed by atoms with E-state index in [-0.39, 0.29) is 5.56 Å². The Morgan fingerprint density at radius 3 is 2.94 bits per heavy atom. The van der Waals surface area contributed by atoms with Crippen LogP contribution in [0, 0.1) is 6.92 Å². The van der Waals surface area contributed by atoms with E-state index in [9.17, 15) is 4.79 Å². The molecule has 82 valence electrons. The van der Waals surface area contributed by atoms with Crippen LogP contribution in [-0.2, 0) is 0 Å². The largest absolute Gasteiger partial charge is 0.478 e. The molecule has 0 bridgehead atoms. The fraction of sp³-hybridized carbons (Fsp3) is 0.100. The molecule has 2 heterocycles. The third-order valence-electron chi connectivity index (χ3n) is 2.11. The zero-order valence-corrected chi connectivity index (χ0v) is 9.14. The summed E-state index contributed by atoms with van der Waals surface area (Å²) < 4.78 is 1.35. The lowest BCUT2D eigenvalue weighted by molar-refractivity contribution is 0.0697. The number of rotatable bonds is 2. The van der Waals surface area contributed by atoms with Gasteiger partial charge in [0.1, 0.15) is 0 Å². The molecule has 2 aromatic heterocycles. The van der Waals surface area contributed by atoms with E-state index in [1.165, 1.54) is 17.1 Å². The first-order valence-electron chi connectivity index (χ1n) is 4.49. The van der Waals surface area contributed by atoms with Crippen molar-refractivity contribution < 1.29 is 9.90 Å². The van der Waals surface area contributed by atoms with Crippen LogP contribution in [0.2, 0.25) is 5.02 Å². The lowest BCUT2D eigenvalue weighted by Gasteiger charge is -2.04. The molecule has 0 fully saturated rings. The Balaban J connectivity index is 2.50. The van der Waals surface area contributed by atoms with Crippen LogP contribution >= 0.6 is 11.6 Å². The van der Waals surface area contributed by atoms with Crippen LogP contribution in [0.25, 0.3) is 5.82 Å². The van der Waals surface area contributed by atoms with E-state index in [2.05, 4.69) is 10.1 Å². The second-order valence-corrected chi connectivity index (χ2v) is 3.62. The molecule has 0 amide bonds. The average molecular weight is 238 g/mol. The minimum atomic E-state index is -1.03. The number of aromatic nitrogens is 3. The van der Waals surface area contributed by atoms with Crippen molar-refractivity contribution in [2.24, 2.45) is 0 Å². The van der Waals surface area contributed by atoms with Crippen LogP contribution in [0.5, 0.6) is 0 Å². The predicted octanol–water partition coefficient (Wildman–Crippen LogP) is 1.93. The number of aromatic carboxylic acids is 1. The normalized spacial score (nSPS) is 10.4. The highest BCUT2D eigenvalue weighted by atomic mass is 35.5. The van der Waals surface area contributed by atoms with Crippen LogP contribution in [0.15, 0.2) is 24.7 Å². The van der Waals surface area contributed by atoms with Crippen molar-refractivity contribution in [3.63, 3.8) is 0 Å². The molecule has 2 rings (SSSR count). The molecular formula is C10H8ClN3O2. The number of hydrogen-bond acceptors (Lipinski definition) is 3. The van der Waals surface area contributed by atoms with Crippen molar-refractivity contribution in [3.05, 3.63) is 40.8 Å². The highest BCUT2D eigenvalue weighted by Crippen LogP contribution is 2.21. The van der Waals surface area contributed by atoms with Crippen molar-refractivity contribution in [3.8, 4) is 5.82 Å². The summed E-state index contributed by atoms with van der Waals surface area (Å²) in [6, 6.07) is 1.77. The number of hydrogen-bond donors (Lipinski definition) is 1. The van der Waals surface area contributed by atoms with Crippen molar-refractivity contribution in [1.29, 1.82) is 0 Å². The number of aryl methyl sites for hydroxylation is 1. The molecule has 6 heteroatoms. The van der Waals surface area contributed by atoms with Crippen LogP contribution < -0.4 is 0 Å². The van der Waals surface area contributed by atoms with E-state index in [0.717, 1.165) is 5.56 Å². The fourth-order valence-corrected chi connectivity index (χ4v) is 1.43. The number of carboxylic acid groups (broad SMARTS) is 1. The molecule has 0 unspecified atom stereocenters. The molecule has 0 saturated heterocycles. The molecule has 16 heavy (non-hydrogen) atoms. The molecule has 0 spiro atoms. The first kappa shape index (κ1) is 10.6. The van der Waals surface area contributed by atoms with E-state index in [4.69, 9.17) is 16.7 Å². The molecule has 2 aromatic rings. The second kappa shape index (κ2) is 3.94. The zero-order chi connectivity index (χ0) is 11.7. The van der Waals surface area contributed by atoms with Gasteiger partial charge >= 0.3 is 5.97 Å². The minimum Gasteiger partial charge on any atom is -0.478 e. The minimum absolute atomic E-state index is 0.0966. The Morgan fingerprint density at radius 2 is 2.31 bits per heavy atom. The van der Waals surface area contributed by atoms with Gasteiger partial charge in [0.2, 0.25) is 0 Å². The third kappa shape index (κ3) is 1.77. The standard InChI is InChI=1S/C10H8ClN3O2/c1-6-2-3-12-9(8(6)11)14-5-7(4-13-14)10(15)16/h2-5H,1H3,(H,15,16). The maximum atomic E-state index is 10.7. The van der Waals surface area contributed by atoms with Gasteiger partial charge in [-0.05, 0) is 18.6 Å². The van der Waals surface area contributed by atoms with Gasteiger partial charge in [-0.25, -0.2) is 14.5 Å². The van der Waals surface area contributed by atoms with Gasteiger partial charge in [-0.2, -0.15) is 5.10 Å². The first-order valence-corrected chi connectivity index (χ1v) is 4.87. The van der Waals surface area contributed by atoms with Gasteiger partial charge in [-0.15, -0.1) is 0 Å². The van der Waals surface area contributed by atoms with E-state index >= 15 is 0 Å². The monoisotopic (exact) mass is 237 g/mol. The van der Waals surface area contributed by atoms with Crippen LogP contribution in [0.1, 0.15) is 15.9 Å². The quantitative estimate of drug-likeness (QED) is 0.867. The molecule has 0 aliphatic heterocycles. The van der Waals surface area contributed by atoms with Crippen LogP contribution in [-0.4, -0.2) is 25.8 Å². The predicted molar refractivity (Wildman–Crippen MR) is 58.1 cm³/mol. The van der Waals surface area contributed by atoms with Gasteiger partial charge in [0.05, 0.1) is 16.8 Å². The Kier molecular flexibility index (Phi) is 2.62. The smallest absolute Gasteiger partial charge is 0.338 e. The van der Waals surface area contributed by atoms with Gasteiger partial charge < -0.3 is 5.11 Å². The summed E-state index contributed by atoms with van der Waals surface area (Å²) in [6.45, 7) is 1.84. The van der Waals surface area contributed by atoms with E-state index in [1.54, 1.807) is 12.3 Å². The number of carbonyl (C=O) groups is 1. The zero-order valence-electron chi connectivity index (χ0n) is 8.38. The summed E-state index contributed by atoms with van der Waals surface area (Å²) in [6.07, 6.45) is 4.22. The number of pyridine rings is 1. The van der Waals surface area contributed by atoms with Gasteiger partial charge in [0.15, 0.2) is 5.82 Å². The Morgan fingerprint density at radius 1 is 1.56 bits per heavy atom. The fourth-order valence-electron chi connectivity index (χ4n) is 1.23. The molecule has 0 aliphatic rings. The molecule has 0 aromatic carbocycles. The van der Waals surface area contributed by atoms with Crippen molar-refractivity contribution in [2.45, 2.75) is 6.92 Å². The summed E-state index contributed by atoms with van der Waals surface area (Å²) >= 11 is 6.05. The van der Waals surface area contributed by atoms with Crippen molar-refractivity contribution in [2.75, 3.05) is 0 Å². The molecule has 1 N–H and O–H groups in total. The summed E-state index contributed by atoms with van der Waals surface area (Å²) in [7, 11) is 0. The van der Waals surface area contributed by atoms with Crippen molar-refractivity contribution >= 4 is 17.6 Å². The first-order chi connectivity index (χ1) is 7.59. The average Bonchev–Trinajstić information content (AvgIpc) is 2.71. The van der Waals surface area contributed by atoms with Crippen LogP contribution in [0.4, 0.5) is 0 Å². The molecule has 0 atom stereocenters. The number of nitrogens with zero attached hydrogens (tertiary/aromatic N) is 3. The van der Waals surface area contributed by atoms with E-state index in [1.807, 2.05) is 6.92 Å². The van der Waals surface area contributed by atoms with Gasteiger partial charge in [-0.1, -0.05) is 11.6 Å². The van der Waals surface area contributed by atoms with Gasteiger partial charge in [0.25, 0.3) is 0 Å². The lowest BCUT2D eigenvalue weighted by atomic mass is 10.3. The molecule has 5 nitrogen and oxygen atoms in total. The Bertz CT molecular complexity index is 551. The van der Waals surface area contributed by atoms with Crippen LogP contribution in [0.3, 0.4) is 0 Å². The summed E-state index contributed by atoms with van der Waals surface area (Å²) in [4.78, 5) is 14.7. The van der Waals surface area contributed by atoms with E-state index in [0.29, 0.717) is 10.8 Å². The number of carboxylic acids is 1. The molecular weight excluding hydrogens is 230 g/mol. The molecule has 0 radical (unpaired) electrons.